The van der Waals surface area contributed by atoms with Crippen molar-refractivity contribution < 1.29 is 9.53 Å². The van der Waals surface area contributed by atoms with Crippen LogP contribution in [-0.2, 0) is 6.54 Å². The van der Waals surface area contributed by atoms with E-state index in [0.717, 1.165) is 32.4 Å². The van der Waals surface area contributed by atoms with E-state index in [-0.39, 0.29) is 17.1 Å². The predicted molar refractivity (Wildman–Crippen MR) is 71.4 cm³/mol. The normalized spacial score (nSPS) is 24.4. The quantitative estimate of drug-likeness (QED) is 0.836. The minimum Gasteiger partial charge on any atom is -0.493 e. The SMILES string of the molecule is CCn1ncc(OC)c1C(=O)C1CC12CCNCC2. The number of hydrogen-bond donors (Lipinski definition) is 1. The molecule has 3 rings (SSSR count). The molecule has 0 amide bonds. The second-order valence-electron chi connectivity index (χ2n) is 5.61. The van der Waals surface area contributed by atoms with Crippen LogP contribution in [-0.4, -0.2) is 35.8 Å². The summed E-state index contributed by atoms with van der Waals surface area (Å²) in [6.45, 7) is 4.77. The lowest BCUT2D eigenvalue weighted by molar-refractivity contribution is 0.0926. The fourth-order valence-electron chi connectivity index (χ4n) is 3.37. The topological polar surface area (TPSA) is 56.2 Å². The summed E-state index contributed by atoms with van der Waals surface area (Å²) in [6, 6.07) is 0. The van der Waals surface area contributed by atoms with E-state index in [4.69, 9.17) is 4.74 Å². The standard InChI is InChI=1S/C14H21N3O2/c1-3-17-12(11(19-2)9-16-17)13(18)10-8-14(10)4-6-15-7-5-14/h9-10,15H,3-8H2,1-2H3. The van der Waals surface area contributed by atoms with Gasteiger partial charge in [0.2, 0.25) is 0 Å². The number of Topliss-reactive ketones (excluding diaryl/α,β-unsaturated/α-hetero) is 1. The van der Waals surface area contributed by atoms with Gasteiger partial charge in [-0.1, -0.05) is 0 Å². The summed E-state index contributed by atoms with van der Waals surface area (Å²) in [7, 11) is 1.60. The van der Waals surface area contributed by atoms with Gasteiger partial charge >= 0.3 is 0 Å². The van der Waals surface area contributed by atoms with Gasteiger partial charge in [0.15, 0.2) is 11.5 Å². The van der Waals surface area contributed by atoms with E-state index in [9.17, 15) is 4.79 Å². The van der Waals surface area contributed by atoms with Crippen molar-refractivity contribution in [2.75, 3.05) is 20.2 Å². The second-order valence-corrected chi connectivity index (χ2v) is 5.61. The predicted octanol–water partition coefficient (Wildman–Crippen LogP) is 1.48. The zero-order valence-corrected chi connectivity index (χ0v) is 11.6. The van der Waals surface area contributed by atoms with Gasteiger partial charge in [0, 0.05) is 12.5 Å². The molecule has 1 aromatic rings. The summed E-state index contributed by atoms with van der Waals surface area (Å²) in [5.74, 6) is 1.01. The average Bonchev–Trinajstić information content (AvgIpc) is 2.97. The Labute approximate surface area is 113 Å². The molecule has 1 N–H and O–H groups in total. The Morgan fingerprint density at radius 2 is 2.32 bits per heavy atom. The lowest BCUT2D eigenvalue weighted by Gasteiger charge is -2.23. The molecule has 1 aliphatic carbocycles. The Bertz CT molecular complexity index is 467. The maximum atomic E-state index is 12.7. The fraction of sp³-hybridized carbons (Fsp3) is 0.714. The first-order chi connectivity index (χ1) is 9.22. The number of aromatic nitrogens is 2. The fourth-order valence-corrected chi connectivity index (χ4v) is 3.37. The van der Waals surface area contributed by atoms with Crippen molar-refractivity contribution in [3.05, 3.63) is 11.9 Å². The molecule has 1 saturated carbocycles. The van der Waals surface area contributed by atoms with E-state index >= 15 is 0 Å². The molecule has 1 aliphatic heterocycles. The Hall–Kier alpha value is -1.36. The van der Waals surface area contributed by atoms with Crippen LogP contribution in [0.1, 0.15) is 36.7 Å². The van der Waals surface area contributed by atoms with Gasteiger partial charge in [-0.3, -0.25) is 9.48 Å². The number of ketones is 1. The largest absolute Gasteiger partial charge is 0.493 e. The molecule has 1 atom stereocenters. The Morgan fingerprint density at radius 3 is 2.95 bits per heavy atom. The Kier molecular flexibility index (Phi) is 3.09. The van der Waals surface area contributed by atoms with Crippen LogP contribution in [0.3, 0.4) is 0 Å². The molecule has 0 aromatic carbocycles. The smallest absolute Gasteiger partial charge is 0.188 e. The van der Waals surface area contributed by atoms with Gasteiger partial charge in [-0.25, -0.2) is 0 Å². The van der Waals surface area contributed by atoms with Crippen molar-refractivity contribution in [1.82, 2.24) is 15.1 Å². The third-order valence-electron chi connectivity index (χ3n) is 4.66. The van der Waals surface area contributed by atoms with E-state index in [1.165, 1.54) is 0 Å². The molecule has 1 spiro atoms. The van der Waals surface area contributed by atoms with Crippen LogP contribution in [0.4, 0.5) is 0 Å². The van der Waals surface area contributed by atoms with Crippen molar-refractivity contribution in [3.8, 4) is 5.75 Å². The number of rotatable bonds is 4. The number of hydrogen-bond acceptors (Lipinski definition) is 4. The second kappa shape index (κ2) is 4.63. The summed E-state index contributed by atoms with van der Waals surface area (Å²) in [5, 5.41) is 7.59. The van der Waals surface area contributed by atoms with E-state index in [0.29, 0.717) is 18.0 Å². The number of methoxy groups -OCH3 is 1. The van der Waals surface area contributed by atoms with Gasteiger partial charge in [0.1, 0.15) is 5.69 Å². The number of carbonyl (C=O) groups is 1. The zero-order chi connectivity index (χ0) is 13.5. The molecule has 104 valence electrons. The Balaban J connectivity index is 1.83. The molecular formula is C14H21N3O2. The third-order valence-corrected chi connectivity index (χ3v) is 4.66. The number of nitrogens with one attached hydrogen (secondary N) is 1. The number of carbonyl (C=O) groups excluding carboxylic acids is 1. The first-order valence-corrected chi connectivity index (χ1v) is 7.06. The molecule has 5 nitrogen and oxygen atoms in total. The van der Waals surface area contributed by atoms with Crippen molar-refractivity contribution in [2.24, 2.45) is 11.3 Å². The summed E-state index contributed by atoms with van der Waals surface area (Å²) in [5.41, 5.74) is 0.918. The maximum absolute atomic E-state index is 12.7. The van der Waals surface area contributed by atoms with Crippen LogP contribution >= 0.6 is 0 Å². The monoisotopic (exact) mass is 263 g/mol. The maximum Gasteiger partial charge on any atom is 0.188 e. The van der Waals surface area contributed by atoms with Gasteiger partial charge in [0.05, 0.1) is 13.3 Å². The van der Waals surface area contributed by atoms with E-state index < -0.39 is 0 Å². The zero-order valence-electron chi connectivity index (χ0n) is 11.6. The van der Waals surface area contributed by atoms with Crippen LogP contribution in [0.5, 0.6) is 5.75 Å². The molecule has 1 aromatic heterocycles. The van der Waals surface area contributed by atoms with Crippen LogP contribution in [0.2, 0.25) is 0 Å². The van der Waals surface area contributed by atoms with Gasteiger partial charge in [-0.15, -0.1) is 0 Å². The molecular weight excluding hydrogens is 242 g/mol. The third kappa shape index (κ3) is 1.96. The highest BCUT2D eigenvalue weighted by molar-refractivity contribution is 6.01. The van der Waals surface area contributed by atoms with Crippen molar-refractivity contribution in [2.45, 2.75) is 32.7 Å². The van der Waals surface area contributed by atoms with Crippen molar-refractivity contribution in [3.63, 3.8) is 0 Å². The van der Waals surface area contributed by atoms with Crippen LogP contribution in [0.25, 0.3) is 0 Å². The number of ether oxygens (including phenoxy) is 1. The lowest BCUT2D eigenvalue weighted by atomic mass is 9.90. The molecule has 2 fully saturated rings. The Morgan fingerprint density at radius 1 is 1.58 bits per heavy atom. The first-order valence-electron chi connectivity index (χ1n) is 7.06. The van der Waals surface area contributed by atoms with Crippen LogP contribution in [0, 0.1) is 11.3 Å². The van der Waals surface area contributed by atoms with Crippen molar-refractivity contribution >= 4 is 5.78 Å². The average molecular weight is 263 g/mol. The number of nitrogens with zero attached hydrogens (tertiary/aromatic N) is 2. The highest BCUT2D eigenvalue weighted by atomic mass is 16.5. The molecule has 2 heterocycles. The molecule has 0 radical (unpaired) electrons. The van der Waals surface area contributed by atoms with E-state index in [2.05, 4.69) is 10.4 Å². The van der Waals surface area contributed by atoms with Crippen molar-refractivity contribution in [1.29, 1.82) is 0 Å². The van der Waals surface area contributed by atoms with Crippen LogP contribution in [0.15, 0.2) is 6.20 Å². The summed E-state index contributed by atoms with van der Waals surface area (Å²) in [6.07, 6.45) is 4.91. The van der Waals surface area contributed by atoms with Gasteiger partial charge < -0.3 is 10.1 Å². The number of aryl methyl sites for hydroxylation is 1. The highest BCUT2D eigenvalue weighted by Crippen LogP contribution is 2.59. The van der Waals surface area contributed by atoms with Gasteiger partial charge in [0.25, 0.3) is 0 Å². The molecule has 1 unspecified atom stereocenters. The lowest BCUT2D eigenvalue weighted by Crippen LogP contribution is -2.31. The number of piperidine rings is 1. The minimum absolute atomic E-state index is 0.172. The van der Waals surface area contributed by atoms with E-state index in [1.54, 1.807) is 18.0 Å². The van der Waals surface area contributed by atoms with Gasteiger partial charge in [-0.2, -0.15) is 5.10 Å². The first kappa shape index (κ1) is 12.7. The summed E-state index contributed by atoms with van der Waals surface area (Å²) < 4.78 is 7.04. The van der Waals surface area contributed by atoms with Gasteiger partial charge in [-0.05, 0) is 44.7 Å². The molecule has 5 heteroatoms. The molecule has 2 aliphatic rings. The molecule has 1 saturated heterocycles. The van der Waals surface area contributed by atoms with E-state index in [1.807, 2.05) is 6.92 Å². The summed E-state index contributed by atoms with van der Waals surface area (Å²) >= 11 is 0. The molecule has 0 bridgehead atoms. The minimum atomic E-state index is 0.172. The van der Waals surface area contributed by atoms with Crippen LogP contribution < -0.4 is 10.1 Å². The highest BCUT2D eigenvalue weighted by Gasteiger charge is 2.58. The molecule has 19 heavy (non-hydrogen) atoms. The summed E-state index contributed by atoms with van der Waals surface area (Å²) in [4.78, 5) is 12.7.